The second-order valence-electron chi connectivity index (χ2n) is 12.8. The van der Waals surface area contributed by atoms with E-state index in [4.69, 9.17) is 4.42 Å². The van der Waals surface area contributed by atoms with E-state index in [1.807, 2.05) is 63.3 Å². The van der Waals surface area contributed by atoms with E-state index in [9.17, 15) is 0 Å². The SMILES string of the molecule is C/C=C\C=C/C.CC.c1ccc(-c2ccc3sc4ccc(-c5ccc6oc7ccc(-n8c9ccccc9c9ccccc98)cc7c6c5)cc4c3c2)cc1. The minimum absolute atomic E-state index is 0.902. The fourth-order valence-corrected chi connectivity index (χ4v) is 8.34. The molecular formula is C50H41NOS. The predicted octanol–water partition coefficient (Wildman–Crippen LogP) is 15.5. The minimum atomic E-state index is 0.902. The molecule has 0 saturated heterocycles. The Balaban J connectivity index is 0.000000458. The predicted molar refractivity (Wildman–Crippen MR) is 233 cm³/mol. The number of nitrogens with zero attached hydrogens (tertiary/aromatic N) is 1. The Bertz CT molecular complexity index is 2870. The lowest BCUT2D eigenvalue weighted by Gasteiger charge is -2.08. The summed E-state index contributed by atoms with van der Waals surface area (Å²) in [5.41, 5.74) is 10.2. The number of furan rings is 1. The topological polar surface area (TPSA) is 18.1 Å². The monoisotopic (exact) mass is 703 g/mol. The van der Waals surface area contributed by atoms with E-state index in [1.165, 1.54) is 64.2 Å². The van der Waals surface area contributed by atoms with E-state index >= 15 is 0 Å². The third-order valence-corrected chi connectivity index (χ3v) is 10.8. The zero-order valence-corrected chi connectivity index (χ0v) is 31.3. The van der Waals surface area contributed by atoms with Gasteiger partial charge in [-0.15, -0.1) is 11.3 Å². The molecule has 0 bridgehead atoms. The number of benzene rings is 7. The minimum Gasteiger partial charge on any atom is -0.456 e. The summed E-state index contributed by atoms with van der Waals surface area (Å²) in [6, 6.07) is 54.8. The van der Waals surface area contributed by atoms with Crippen LogP contribution in [0.5, 0.6) is 0 Å². The van der Waals surface area contributed by atoms with Crippen LogP contribution in [0.4, 0.5) is 0 Å². The highest BCUT2D eigenvalue weighted by Gasteiger charge is 2.15. The van der Waals surface area contributed by atoms with E-state index < -0.39 is 0 Å². The van der Waals surface area contributed by atoms with Gasteiger partial charge in [-0.3, -0.25) is 0 Å². The molecule has 3 heterocycles. The molecule has 0 saturated carbocycles. The van der Waals surface area contributed by atoms with Crippen LogP contribution in [-0.4, -0.2) is 4.57 Å². The van der Waals surface area contributed by atoms with Crippen molar-refractivity contribution in [2.45, 2.75) is 27.7 Å². The van der Waals surface area contributed by atoms with Crippen molar-refractivity contribution in [3.05, 3.63) is 176 Å². The van der Waals surface area contributed by atoms with Gasteiger partial charge in [-0.05, 0) is 103 Å². The van der Waals surface area contributed by atoms with Crippen LogP contribution in [0.3, 0.4) is 0 Å². The van der Waals surface area contributed by atoms with Gasteiger partial charge in [-0.1, -0.05) is 123 Å². The molecule has 0 amide bonds. The Kier molecular flexibility index (Phi) is 9.50. The van der Waals surface area contributed by atoms with Crippen LogP contribution >= 0.6 is 11.3 Å². The Morgan fingerprint density at radius 1 is 0.434 bits per heavy atom. The van der Waals surface area contributed by atoms with Crippen molar-refractivity contribution in [2.24, 2.45) is 0 Å². The maximum absolute atomic E-state index is 6.35. The van der Waals surface area contributed by atoms with E-state index in [2.05, 4.69) is 156 Å². The molecule has 3 heteroatoms. The molecular weight excluding hydrogens is 663 g/mol. The summed E-state index contributed by atoms with van der Waals surface area (Å²) >= 11 is 1.86. The van der Waals surface area contributed by atoms with E-state index in [0.717, 1.165) is 27.6 Å². The second-order valence-corrected chi connectivity index (χ2v) is 13.9. The van der Waals surface area contributed by atoms with Crippen molar-refractivity contribution in [1.29, 1.82) is 0 Å². The first-order chi connectivity index (χ1) is 26.2. The lowest BCUT2D eigenvalue weighted by molar-refractivity contribution is 0.669. The van der Waals surface area contributed by atoms with Crippen LogP contribution in [0.25, 0.3) is 91.9 Å². The molecule has 0 unspecified atom stereocenters. The number of allylic oxidation sites excluding steroid dienone is 4. The van der Waals surface area contributed by atoms with Gasteiger partial charge in [0.1, 0.15) is 11.2 Å². The Hall–Kier alpha value is -6.16. The first-order valence-corrected chi connectivity index (χ1v) is 19.2. The average Bonchev–Trinajstić information content (AvgIpc) is 3.89. The van der Waals surface area contributed by atoms with Crippen LogP contribution in [-0.2, 0) is 0 Å². The zero-order valence-electron chi connectivity index (χ0n) is 30.5. The first kappa shape index (κ1) is 34.0. The summed E-state index contributed by atoms with van der Waals surface area (Å²) in [5, 5.41) is 7.40. The summed E-state index contributed by atoms with van der Waals surface area (Å²) < 4.78 is 11.3. The maximum Gasteiger partial charge on any atom is 0.135 e. The fourth-order valence-electron chi connectivity index (χ4n) is 7.27. The van der Waals surface area contributed by atoms with Gasteiger partial charge >= 0.3 is 0 Å². The Morgan fingerprint density at radius 2 is 0.906 bits per heavy atom. The third-order valence-electron chi connectivity index (χ3n) is 9.70. The number of aromatic nitrogens is 1. The van der Waals surface area contributed by atoms with Crippen molar-refractivity contribution in [2.75, 3.05) is 0 Å². The third kappa shape index (κ3) is 6.24. The number of hydrogen-bond acceptors (Lipinski definition) is 2. The normalized spacial score (nSPS) is 11.6. The van der Waals surface area contributed by atoms with Crippen molar-refractivity contribution >= 4 is 75.3 Å². The van der Waals surface area contributed by atoms with Crippen LogP contribution in [0.1, 0.15) is 27.7 Å². The van der Waals surface area contributed by atoms with Gasteiger partial charge in [0.25, 0.3) is 0 Å². The van der Waals surface area contributed by atoms with Crippen molar-refractivity contribution in [3.8, 4) is 27.9 Å². The first-order valence-electron chi connectivity index (χ1n) is 18.4. The molecule has 0 aliphatic carbocycles. The number of fused-ring (bicyclic) bond motifs is 9. The summed E-state index contributed by atoms with van der Waals surface area (Å²) in [7, 11) is 0. The maximum atomic E-state index is 6.35. The summed E-state index contributed by atoms with van der Waals surface area (Å²) in [6.45, 7) is 8.00. The quantitative estimate of drug-likeness (QED) is 0.167. The van der Waals surface area contributed by atoms with E-state index in [1.54, 1.807) is 0 Å². The van der Waals surface area contributed by atoms with Crippen LogP contribution in [0, 0.1) is 0 Å². The summed E-state index contributed by atoms with van der Waals surface area (Å²) in [4.78, 5) is 0. The Morgan fingerprint density at radius 3 is 1.49 bits per heavy atom. The molecule has 0 aliphatic heterocycles. The molecule has 0 aliphatic rings. The van der Waals surface area contributed by atoms with Gasteiger partial charge in [0.2, 0.25) is 0 Å². The lowest BCUT2D eigenvalue weighted by atomic mass is 9.99. The summed E-state index contributed by atoms with van der Waals surface area (Å²) in [6.07, 6.45) is 8.00. The van der Waals surface area contributed by atoms with Gasteiger partial charge in [0, 0.05) is 47.4 Å². The van der Waals surface area contributed by atoms with Crippen molar-refractivity contribution in [3.63, 3.8) is 0 Å². The summed E-state index contributed by atoms with van der Waals surface area (Å²) in [5.74, 6) is 0. The number of rotatable bonds is 4. The fraction of sp³-hybridized carbons (Fsp3) is 0.0800. The molecule has 3 aromatic heterocycles. The lowest BCUT2D eigenvalue weighted by Crippen LogP contribution is -1.93. The highest BCUT2D eigenvalue weighted by atomic mass is 32.1. The molecule has 0 fully saturated rings. The molecule has 0 radical (unpaired) electrons. The average molecular weight is 704 g/mol. The molecule has 0 N–H and O–H groups in total. The van der Waals surface area contributed by atoms with Gasteiger partial charge in [0.15, 0.2) is 0 Å². The number of para-hydroxylation sites is 2. The van der Waals surface area contributed by atoms with Crippen LogP contribution in [0.2, 0.25) is 0 Å². The molecule has 2 nitrogen and oxygen atoms in total. The largest absolute Gasteiger partial charge is 0.456 e. The van der Waals surface area contributed by atoms with Gasteiger partial charge in [-0.25, -0.2) is 0 Å². The molecule has 53 heavy (non-hydrogen) atoms. The number of hydrogen-bond donors (Lipinski definition) is 0. The number of thiophene rings is 1. The molecule has 0 atom stereocenters. The van der Waals surface area contributed by atoms with E-state index in [0.29, 0.717) is 0 Å². The smallest absolute Gasteiger partial charge is 0.135 e. The van der Waals surface area contributed by atoms with Gasteiger partial charge in [-0.2, -0.15) is 0 Å². The second kappa shape index (κ2) is 14.8. The van der Waals surface area contributed by atoms with Crippen LogP contribution in [0.15, 0.2) is 180 Å². The molecule has 10 rings (SSSR count). The molecule has 10 aromatic rings. The standard InChI is InChI=1S/C42H25NOS.C6H10.C2H6/c1-2-8-26(9-3-1)27-15-20-41-35(23-27)36-24-29(16-21-42(36)45-41)28-14-18-39-33(22-28)34-25-30(17-19-40(34)44-39)43-37-12-6-4-10-31(37)32-11-5-7-13-38(32)43;1-3-5-6-4-2;1-2/h1-25H;3-6H,1-2H3;1-2H3/b;5-3-,6-4-;. The van der Waals surface area contributed by atoms with Crippen molar-refractivity contribution < 1.29 is 4.42 Å². The van der Waals surface area contributed by atoms with Crippen molar-refractivity contribution in [1.82, 2.24) is 4.57 Å². The molecule has 258 valence electrons. The van der Waals surface area contributed by atoms with Gasteiger partial charge < -0.3 is 8.98 Å². The Labute approximate surface area is 314 Å². The van der Waals surface area contributed by atoms with Gasteiger partial charge in [0.05, 0.1) is 11.0 Å². The molecule has 0 spiro atoms. The molecule has 7 aromatic carbocycles. The zero-order chi connectivity index (χ0) is 36.3. The highest BCUT2D eigenvalue weighted by molar-refractivity contribution is 7.25. The van der Waals surface area contributed by atoms with Crippen LogP contribution < -0.4 is 0 Å². The highest BCUT2D eigenvalue weighted by Crippen LogP contribution is 2.40. The van der Waals surface area contributed by atoms with E-state index in [-0.39, 0.29) is 0 Å².